The summed E-state index contributed by atoms with van der Waals surface area (Å²) in [5.41, 5.74) is 2.12. The molecule has 1 aromatic carbocycles. The van der Waals surface area contributed by atoms with Crippen LogP contribution < -0.4 is 10.6 Å². The maximum atomic E-state index is 12.1. The second-order valence-corrected chi connectivity index (χ2v) is 5.52. The molecule has 2 rings (SSSR count). The number of benzene rings is 1. The predicted octanol–water partition coefficient (Wildman–Crippen LogP) is 1.49. The molecule has 6 nitrogen and oxygen atoms in total. The van der Waals surface area contributed by atoms with E-state index in [9.17, 15) is 9.59 Å². The van der Waals surface area contributed by atoms with E-state index in [0.29, 0.717) is 19.6 Å². The van der Waals surface area contributed by atoms with Crippen LogP contribution in [0.4, 0.5) is 10.5 Å². The lowest BCUT2D eigenvalue weighted by Gasteiger charge is -2.31. The average molecular weight is 304 g/mol. The predicted molar refractivity (Wildman–Crippen MR) is 86.7 cm³/mol. The van der Waals surface area contributed by atoms with Crippen LogP contribution in [-0.2, 0) is 11.3 Å². The van der Waals surface area contributed by atoms with E-state index in [-0.39, 0.29) is 18.5 Å². The van der Waals surface area contributed by atoms with E-state index in [4.69, 9.17) is 0 Å². The minimum atomic E-state index is -0.186. The van der Waals surface area contributed by atoms with Gasteiger partial charge in [0.1, 0.15) is 6.54 Å². The molecule has 1 aliphatic rings. The van der Waals surface area contributed by atoms with Crippen molar-refractivity contribution in [2.45, 2.75) is 19.9 Å². The number of carbonyl (C=O) groups excluding carboxylic acids is 2. The standard InChI is InChI=1S/C16H24N4O2/c1-3-8-17-14-6-4-13(5-7-14)11-18-16(22)20-10-9-19(2)15(21)12-20/h4-7,17H,3,8-12H2,1-2H3,(H,18,22). The molecule has 1 fully saturated rings. The van der Waals surface area contributed by atoms with E-state index >= 15 is 0 Å². The first kappa shape index (κ1) is 16.1. The van der Waals surface area contributed by atoms with Gasteiger partial charge in [-0.25, -0.2) is 4.79 Å². The summed E-state index contributed by atoms with van der Waals surface area (Å²) < 4.78 is 0. The van der Waals surface area contributed by atoms with Crippen LogP contribution in [0.15, 0.2) is 24.3 Å². The van der Waals surface area contributed by atoms with Gasteiger partial charge >= 0.3 is 6.03 Å². The van der Waals surface area contributed by atoms with Gasteiger partial charge in [0.15, 0.2) is 0 Å². The molecule has 3 amide bonds. The molecule has 0 atom stereocenters. The van der Waals surface area contributed by atoms with Gasteiger partial charge in [-0.2, -0.15) is 0 Å². The third-order valence-electron chi connectivity index (χ3n) is 3.72. The van der Waals surface area contributed by atoms with E-state index in [1.165, 1.54) is 0 Å². The number of urea groups is 1. The fraction of sp³-hybridized carbons (Fsp3) is 0.500. The smallest absolute Gasteiger partial charge is 0.318 e. The number of likely N-dealkylation sites (N-methyl/N-ethyl adjacent to an activating group) is 1. The van der Waals surface area contributed by atoms with Crippen LogP contribution in [0.25, 0.3) is 0 Å². The maximum Gasteiger partial charge on any atom is 0.318 e. The number of anilines is 1. The molecule has 120 valence electrons. The van der Waals surface area contributed by atoms with Crippen molar-refractivity contribution < 1.29 is 9.59 Å². The molecular formula is C16H24N4O2. The summed E-state index contributed by atoms with van der Waals surface area (Å²) in [5, 5.41) is 6.17. The van der Waals surface area contributed by atoms with Gasteiger partial charge in [-0.05, 0) is 24.1 Å². The molecule has 6 heteroatoms. The molecule has 22 heavy (non-hydrogen) atoms. The zero-order chi connectivity index (χ0) is 15.9. The maximum absolute atomic E-state index is 12.1. The Balaban J connectivity index is 1.79. The molecule has 1 saturated heterocycles. The van der Waals surface area contributed by atoms with Crippen LogP contribution in [0.1, 0.15) is 18.9 Å². The van der Waals surface area contributed by atoms with Crippen LogP contribution in [0, 0.1) is 0 Å². The van der Waals surface area contributed by atoms with Gasteiger partial charge in [-0.15, -0.1) is 0 Å². The van der Waals surface area contributed by atoms with E-state index in [1.807, 2.05) is 24.3 Å². The van der Waals surface area contributed by atoms with Gasteiger partial charge in [0.05, 0.1) is 0 Å². The summed E-state index contributed by atoms with van der Waals surface area (Å²) in [6.45, 7) is 4.86. The van der Waals surface area contributed by atoms with Crippen LogP contribution in [-0.4, -0.2) is 55.0 Å². The summed E-state index contributed by atoms with van der Waals surface area (Å²) in [6, 6.07) is 7.82. The zero-order valence-electron chi connectivity index (χ0n) is 13.3. The van der Waals surface area contributed by atoms with Gasteiger partial charge in [0.2, 0.25) is 5.91 Å². The highest BCUT2D eigenvalue weighted by atomic mass is 16.2. The fourth-order valence-electron chi connectivity index (χ4n) is 2.23. The van der Waals surface area contributed by atoms with E-state index in [0.717, 1.165) is 24.2 Å². The van der Waals surface area contributed by atoms with Crippen LogP contribution in [0.5, 0.6) is 0 Å². The Bertz CT molecular complexity index is 515. The van der Waals surface area contributed by atoms with Gasteiger partial charge in [-0.3, -0.25) is 4.79 Å². The SMILES string of the molecule is CCCNc1ccc(CNC(=O)N2CCN(C)C(=O)C2)cc1. The molecule has 0 aromatic heterocycles. The van der Waals surface area contributed by atoms with Crippen molar-refractivity contribution in [2.75, 3.05) is 38.5 Å². The molecule has 1 heterocycles. The number of hydrogen-bond acceptors (Lipinski definition) is 3. The summed E-state index contributed by atoms with van der Waals surface area (Å²) >= 11 is 0. The number of nitrogens with zero attached hydrogens (tertiary/aromatic N) is 2. The van der Waals surface area contributed by atoms with Crippen molar-refractivity contribution in [1.29, 1.82) is 0 Å². The van der Waals surface area contributed by atoms with Crippen LogP contribution >= 0.6 is 0 Å². The first-order valence-electron chi connectivity index (χ1n) is 7.69. The third kappa shape index (κ3) is 4.38. The van der Waals surface area contributed by atoms with E-state index in [2.05, 4.69) is 17.6 Å². The lowest BCUT2D eigenvalue weighted by atomic mass is 10.2. The highest BCUT2D eigenvalue weighted by Gasteiger charge is 2.24. The molecule has 0 bridgehead atoms. The van der Waals surface area contributed by atoms with Crippen molar-refractivity contribution in [2.24, 2.45) is 0 Å². The Labute approximate surface area is 131 Å². The topological polar surface area (TPSA) is 64.7 Å². The van der Waals surface area contributed by atoms with E-state index < -0.39 is 0 Å². The highest BCUT2D eigenvalue weighted by Crippen LogP contribution is 2.09. The van der Waals surface area contributed by atoms with Crippen molar-refractivity contribution in [1.82, 2.24) is 15.1 Å². The summed E-state index contributed by atoms with van der Waals surface area (Å²) in [5.74, 6) is -0.0206. The molecule has 0 saturated carbocycles. The average Bonchev–Trinajstić information content (AvgIpc) is 2.54. The lowest BCUT2D eigenvalue weighted by molar-refractivity contribution is -0.133. The van der Waals surface area contributed by atoms with Crippen LogP contribution in [0.2, 0.25) is 0 Å². The minimum absolute atomic E-state index is 0.0206. The Kier molecular flexibility index (Phi) is 5.63. The number of amides is 3. The molecule has 0 unspecified atom stereocenters. The highest BCUT2D eigenvalue weighted by molar-refractivity contribution is 5.85. The van der Waals surface area contributed by atoms with Crippen molar-refractivity contribution >= 4 is 17.6 Å². The zero-order valence-corrected chi connectivity index (χ0v) is 13.3. The van der Waals surface area contributed by atoms with Crippen molar-refractivity contribution in [3.05, 3.63) is 29.8 Å². The molecule has 0 aliphatic carbocycles. The molecule has 0 spiro atoms. The Morgan fingerprint density at radius 1 is 1.23 bits per heavy atom. The number of hydrogen-bond donors (Lipinski definition) is 2. The fourth-order valence-corrected chi connectivity index (χ4v) is 2.23. The van der Waals surface area contributed by atoms with Crippen LogP contribution in [0.3, 0.4) is 0 Å². The second-order valence-electron chi connectivity index (χ2n) is 5.52. The monoisotopic (exact) mass is 304 g/mol. The second kappa shape index (κ2) is 7.68. The van der Waals surface area contributed by atoms with Crippen molar-refractivity contribution in [3.8, 4) is 0 Å². The Morgan fingerprint density at radius 2 is 1.95 bits per heavy atom. The number of nitrogens with one attached hydrogen (secondary N) is 2. The molecule has 1 aliphatic heterocycles. The molecule has 1 aromatic rings. The molecule has 0 radical (unpaired) electrons. The lowest BCUT2D eigenvalue weighted by Crippen LogP contribution is -2.53. The molecular weight excluding hydrogens is 280 g/mol. The van der Waals surface area contributed by atoms with Crippen molar-refractivity contribution in [3.63, 3.8) is 0 Å². The first-order chi connectivity index (χ1) is 10.6. The summed E-state index contributed by atoms with van der Waals surface area (Å²) in [6.07, 6.45) is 1.08. The van der Waals surface area contributed by atoms with Gasteiger partial charge < -0.3 is 20.4 Å². The quantitative estimate of drug-likeness (QED) is 0.866. The van der Waals surface area contributed by atoms with Gasteiger partial charge in [-0.1, -0.05) is 19.1 Å². The van der Waals surface area contributed by atoms with Gasteiger partial charge in [0.25, 0.3) is 0 Å². The van der Waals surface area contributed by atoms with Gasteiger partial charge in [0, 0.05) is 38.9 Å². The number of carbonyl (C=O) groups is 2. The van der Waals surface area contributed by atoms with E-state index in [1.54, 1.807) is 16.8 Å². The largest absolute Gasteiger partial charge is 0.385 e. The Morgan fingerprint density at radius 3 is 2.59 bits per heavy atom. The Hall–Kier alpha value is -2.24. The molecule has 2 N–H and O–H groups in total. The summed E-state index contributed by atoms with van der Waals surface area (Å²) in [4.78, 5) is 26.9. The first-order valence-corrected chi connectivity index (χ1v) is 7.69. The number of piperazine rings is 1. The number of rotatable bonds is 5. The third-order valence-corrected chi connectivity index (χ3v) is 3.72. The summed E-state index contributed by atoms with van der Waals surface area (Å²) in [7, 11) is 1.76. The minimum Gasteiger partial charge on any atom is -0.385 e. The normalized spacial score (nSPS) is 14.9.